The topological polar surface area (TPSA) is 86.3 Å². The minimum Gasteiger partial charge on any atom is -0.396 e. The number of aliphatic hydroxyl groups excluding tert-OH is 1. The quantitative estimate of drug-likeness (QED) is 0.346. The number of nitrogens with one attached hydrogen (secondary N) is 1. The van der Waals surface area contributed by atoms with E-state index in [4.69, 9.17) is 18.9 Å². The fraction of sp³-hybridized carbons (Fsp3) is 0.880. The van der Waals surface area contributed by atoms with Gasteiger partial charge in [0.05, 0.1) is 12.2 Å². The molecule has 0 spiro atoms. The minimum absolute atomic E-state index is 0.00354. The van der Waals surface area contributed by atoms with Crippen molar-refractivity contribution >= 4 is 5.91 Å². The lowest BCUT2D eigenvalue weighted by Gasteiger charge is -2.30. The van der Waals surface area contributed by atoms with E-state index in [0.29, 0.717) is 13.0 Å². The van der Waals surface area contributed by atoms with Gasteiger partial charge in [-0.05, 0) is 70.6 Å². The second-order valence-electron chi connectivity index (χ2n) is 9.24. The van der Waals surface area contributed by atoms with Crippen molar-refractivity contribution in [2.45, 2.75) is 102 Å². The van der Waals surface area contributed by atoms with Crippen molar-refractivity contribution in [2.75, 3.05) is 26.4 Å². The molecule has 1 saturated carbocycles. The van der Waals surface area contributed by atoms with Gasteiger partial charge in [-0.15, -0.1) is 0 Å². The molecule has 32 heavy (non-hydrogen) atoms. The predicted molar refractivity (Wildman–Crippen MR) is 122 cm³/mol. The molecule has 0 aromatic rings. The molecule has 7 nitrogen and oxygen atoms in total. The van der Waals surface area contributed by atoms with E-state index >= 15 is 0 Å². The Labute approximate surface area is 193 Å². The lowest BCUT2D eigenvalue weighted by atomic mass is 9.90. The average Bonchev–Trinajstić information content (AvgIpc) is 3.13. The summed E-state index contributed by atoms with van der Waals surface area (Å²) < 4.78 is 24.4. The number of aliphatic hydroxyl groups is 1. The van der Waals surface area contributed by atoms with Gasteiger partial charge in [-0.2, -0.15) is 0 Å². The molecule has 3 rings (SSSR count). The van der Waals surface area contributed by atoms with E-state index in [-0.39, 0.29) is 49.1 Å². The monoisotopic (exact) mass is 453 g/mol. The number of hydrogen-bond donors (Lipinski definition) is 2. The molecule has 2 saturated heterocycles. The van der Waals surface area contributed by atoms with E-state index in [1.54, 1.807) is 0 Å². The van der Waals surface area contributed by atoms with Gasteiger partial charge in [0.25, 0.3) is 0 Å². The Morgan fingerprint density at radius 3 is 2.22 bits per heavy atom. The van der Waals surface area contributed by atoms with Crippen LogP contribution in [-0.2, 0) is 23.7 Å². The molecule has 2 heterocycles. The molecule has 0 bridgehead atoms. The van der Waals surface area contributed by atoms with Crippen LogP contribution in [0.15, 0.2) is 12.2 Å². The Bertz CT molecular complexity index is 559. The van der Waals surface area contributed by atoms with Gasteiger partial charge in [-0.3, -0.25) is 4.79 Å². The molecule has 6 atom stereocenters. The summed E-state index contributed by atoms with van der Waals surface area (Å²) in [5, 5.41) is 13.1. The molecule has 184 valence electrons. The molecule has 2 unspecified atom stereocenters. The SMILES string of the molecule is CCNC(=O)CCC/C=C\C[C@@H]1[C@@H](CO)[C@H](OC2CCCCO2)C[C@@H]1OC1CCCCO1. The van der Waals surface area contributed by atoms with Crippen molar-refractivity contribution in [2.24, 2.45) is 11.8 Å². The van der Waals surface area contributed by atoms with Crippen LogP contribution < -0.4 is 5.32 Å². The van der Waals surface area contributed by atoms with Gasteiger partial charge in [0.1, 0.15) is 0 Å². The van der Waals surface area contributed by atoms with E-state index in [1.165, 1.54) is 0 Å². The molecular weight excluding hydrogens is 410 g/mol. The van der Waals surface area contributed by atoms with Crippen LogP contribution >= 0.6 is 0 Å². The summed E-state index contributed by atoms with van der Waals surface area (Å²) in [6.45, 7) is 4.20. The van der Waals surface area contributed by atoms with Gasteiger partial charge in [0.15, 0.2) is 12.6 Å². The first kappa shape index (κ1) is 25.6. The van der Waals surface area contributed by atoms with Crippen LogP contribution in [0.4, 0.5) is 0 Å². The highest BCUT2D eigenvalue weighted by molar-refractivity contribution is 5.75. The Morgan fingerprint density at radius 2 is 1.66 bits per heavy atom. The number of carbonyl (C=O) groups excluding carboxylic acids is 1. The average molecular weight is 454 g/mol. The molecule has 0 aromatic heterocycles. The van der Waals surface area contributed by atoms with Crippen molar-refractivity contribution in [3.8, 4) is 0 Å². The van der Waals surface area contributed by atoms with Crippen LogP contribution in [0.1, 0.15) is 77.6 Å². The highest BCUT2D eigenvalue weighted by atomic mass is 16.7. The fourth-order valence-electron chi connectivity index (χ4n) is 5.09. The third-order valence-corrected chi connectivity index (χ3v) is 6.83. The number of unbranched alkanes of at least 4 members (excludes halogenated alkanes) is 1. The Kier molecular flexibility index (Phi) is 11.5. The van der Waals surface area contributed by atoms with Crippen molar-refractivity contribution in [3.63, 3.8) is 0 Å². The lowest BCUT2D eigenvalue weighted by Crippen LogP contribution is -2.33. The zero-order chi connectivity index (χ0) is 22.6. The summed E-state index contributed by atoms with van der Waals surface area (Å²) in [5.41, 5.74) is 0. The van der Waals surface area contributed by atoms with Crippen LogP contribution in [0.2, 0.25) is 0 Å². The van der Waals surface area contributed by atoms with Crippen molar-refractivity contribution in [3.05, 3.63) is 12.2 Å². The van der Waals surface area contributed by atoms with Gasteiger partial charge in [0, 0.05) is 45.1 Å². The molecule has 2 aliphatic heterocycles. The van der Waals surface area contributed by atoms with Crippen LogP contribution in [0.3, 0.4) is 0 Å². The fourth-order valence-corrected chi connectivity index (χ4v) is 5.09. The van der Waals surface area contributed by atoms with Crippen molar-refractivity contribution < 1.29 is 28.8 Å². The maximum absolute atomic E-state index is 11.6. The van der Waals surface area contributed by atoms with Crippen LogP contribution in [-0.4, -0.2) is 62.2 Å². The van der Waals surface area contributed by atoms with Crippen LogP contribution in [0.25, 0.3) is 0 Å². The molecule has 3 fully saturated rings. The third kappa shape index (κ3) is 8.10. The molecule has 0 radical (unpaired) electrons. The number of amides is 1. The summed E-state index contributed by atoms with van der Waals surface area (Å²) in [4.78, 5) is 11.6. The highest BCUT2D eigenvalue weighted by Crippen LogP contribution is 2.41. The largest absolute Gasteiger partial charge is 0.396 e. The van der Waals surface area contributed by atoms with E-state index in [0.717, 1.165) is 77.4 Å². The standard InChI is InChI=1S/C25H43NO6/c1-2-26-23(28)12-6-4-3-5-11-19-20(18-27)22(32-25-14-8-10-16-30-25)17-21(19)31-24-13-7-9-15-29-24/h3,5,19-22,24-25,27H,2,4,6-18H2,1H3,(H,26,28)/b5-3-/t19-,20-,21+,22-,24?,25?/m1/s1. The number of ether oxygens (including phenoxy) is 4. The number of rotatable bonds is 12. The summed E-state index contributed by atoms with van der Waals surface area (Å²) in [5.74, 6) is 0.316. The van der Waals surface area contributed by atoms with Gasteiger partial charge in [-0.1, -0.05) is 12.2 Å². The van der Waals surface area contributed by atoms with E-state index in [2.05, 4.69) is 17.5 Å². The summed E-state index contributed by atoms with van der Waals surface area (Å²) in [7, 11) is 0. The second kappa shape index (κ2) is 14.3. The highest BCUT2D eigenvalue weighted by Gasteiger charge is 2.45. The normalized spacial score (nSPS) is 33.6. The second-order valence-corrected chi connectivity index (χ2v) is 9.24. The number of hydrogen-bond acceptors (Lipinski definition) is 6. The molecule has 7 heteroatoms. The minimum atomic E-state index is -0.169. The van der Waals surface area contributed by atoms with Crippen LogP contribution in [0.5, 0.6) is 0 Å². The first-order chi connectivity index (χ1) is 15.7. The lowest BCUT2D eigenvalue weighted by molar-refractivity contribution is -0.204. The molecular formula is C25H43NO6. The van der Waals surface area contributed by atoms with Crippen molar-refractivity contribution in [1.82, 2.24) is 5.32 Å². The maximum atomic E-state index is 11.6. The number of allylic oxidation sites excluding steroid dienone is 2. The van der Waals surface area contributed by atoms with Crippen molar-refractivity contribution in [1.29, 1.82) is 0 Å². The first-order valence-corrected chi connectivity index (χ1v) is 12.8. The molecule has 0 aromatic carbocycles. The van der Waals surface area contributed by atoms with E-state index in [1.807, 2.05) is 6.92 Å². The Morgan fingerprint density at radius 1 is 1.00 bits per heavy atom. The summed E-state index contributed by atoms with van der Waals surface area (Å²) in [6, 6.07) is 0. The van der Waals surface area contributed by atoms with Gasteiger partial charge >= 0.3 is 0 Å². The summed E-state index contributed by atoms with van der Waals surface area (Å²) >= 11 is 0. The maximum Gasteiger partial charge on any atom is 0.219 e. The van der Waals surface area contributed by atoms with Gasteiger partial charge in [-0.25, -0.2) is 0 Å². The smallest absolute Gasteiger partial charge is 0.219 e. The number of carbonyl (C=O) groups is 1. The zero-order valence-electron chi connectivity index (χ0n) is 19.7. The molecule has 1 amide bonds. The predicted octanol–water partition coefficient (Wildman–Crippen LogP) is 3.69. The third-order valence-electron chi connectivity index (χ3n) is 6.83. The van der Waals surface area contributed by atoms with Gasteiger partial charge in [0.2, 0.25) is 5.91 Å². The van der Waals surface area contributed by atoms with Crippen LogP contribution in [0, 0.1) is 11.8 Å². The molecule has 2 N–H and O–H groups in total. The molecule has 1 aliphatic carbocycles. The Hall–Kier alpha value is -0.990. The summed E-state index contributed by atoms with van der Waals surface area (Å²) in [6.07, 6.45) is 14.1. The Balaban J connectivity index is 1.54. The zero-order valence-corrected chi connectivity index (χ0v) is 19.7. The van der Waals surface area contributed by atoms with E-state index in [9.17, 15) is 9.90 Å². The van der Waals surface area contributed by atoms with E-state index < -0.39 is 0 Å². The first-order valence-electron chi connectivity index (χ1n) is 12.8. The molecule has 3 aliphatic rings. The van der Waals surface area contributed by atoms with Gasteiger partial charge < -0.3 is 29.4 Å².